The number of hydrogen-bond acceptors (Lipinski definition) is 3. The first kappa shape index (κ1) is 16.0. The van der Waals surface area contributed by atoms with E-state index < -0.39 is 12.0 Å². The van der Waals surface area contributed by atoms with Crippen LogP contribution in [0.15, 0.2) is 30.3 Å². The summed E-state index contributed by atoms with van der Waals surface area (Å²) in [7, 11) is 0. The van der Waals surface area contributed by atoms with Crippen LogP contribution in [0.5, 0.6) is 0 Å². The number of rotatable bonds is 3. The first-order valence-electron chi connectivity index (χ1n) is 7.28. The minimum atomic E-state index is -4.67. The maximum Gasteiger partial charge on any atom is 0.448 e. The number of aromatic nitrogens is 2. The van der Waals surface area contributed by atoms with Gasteiger partial charge < -0.3 is 9.47 Å². The Kier molecular flexibility index (Phi) is 3.93. The van der Waals surface area contributed by atoms with Gasteiger partial charge in [-0.25, -0.2) is 0 Å². The average Bonchev–Trinajstić information content (AvgIpc) is 3.07. The summed E-state index contributed by atoms with van der Waals surface area (Å²) in [4.78, 5) is 0. The van der Waals surface area contributed by atoms with Crippen LogP contribution in [0.4, 0.5) is 13.2 Å². The first-order chi connectivity index (χ1) is 10.8. The quantitative estimate of drug-likeness (QED) is 0.868. The van der Waals surface area contributed by atoms with E-state index in [4.69, 9.17) is 9.47 Å². The third kappa shape index (κ3) is 2.64. The first-order valence-corrected chi connectivity index (χ1v) is 7.28. The molecule has 3 rings (SSSR count). The Morgan fingerprint density at radius 3 is 2.30 bits per heavy atom. The minimum Gasteiger partial charge on any atom is -0.336 e. The van der Waals surface area contributed by atoms with Crippen molar-refractivity contribution in [3.05, 3.63) is 52.8 Å². The highest BCUT2D eigenvalue weighted by Gasteiger charge is 2.63. The SMILES string of the molecule is Cc1nn(Cc2ccccc2)c(C)c1C1(C(F)(F)F)OCCO1. The van der Waals surface area contributed by atoms with Gasteiger partial charge in [-0.05, 0) is 19.4 Å². The van der Waals surface area contributed by atoms with Crippen LogP contribution in [0.2, 0.25) is 0 Å². The van der Waals surface area contributed by atoms with Gasteiger partial charge in [-0.2, -0.15) is 18.3 Å². The van der Waals surface area contributed by atoms with Gasteiger partial charge in [0.15, 0.2) is 0 Å². The van der Waals surface area contributed by atoms with Crippen molar-refractivity contribution in [2.75, 3.05) is 13.2 Å². The van der Waals surface area contributed by atoms with Crippen molar-refractivity contribution in [3.63, 3.8) is 0 Å². The molecule has 0 radical (unpaired) electrons. The van der Waals surface area contributed by atoms with Crippen molar-refractivity contribution >= 4 is 0 Å². The second-order valence-corrected chi connectivity index (χ2v) is 5.50. The van der Waals surface area contributed by atoms with E-state index in [1.807, 2.05) is 30.3 Å². The molecule has 124 valence electrons. The molecule has 0 atom stereocenters. The van der Waals surface area contributed by atoms with E-state index in [0.717, 1.165) is 5.56 Å². The molecule has 4 nitrogen and oxygen atoms in total. The molecule has 1 aromatic carbocycles. The van der Waals surface area contributed by atoms with E-state index in [2.05, 4.69) is 5.10 Å². The molecule has 0 amide bonds. The predicted octanol–water partition coefficient (Wildman–Crippen LogP) is 3.31. The zero-order valence-corrected chi connectivity index (χ0v) is 12.9. The van der Waals surface area contributed by atoms with E-state index in [-0.39, 0.29) is 24.5 Å². The highest BCUT2D eigenvalue weighted by Crippen LogP contribution is 2.47. The van der Waals surface area contributed by atoms with Gasteiger partial charge in [0.05, 0.1) is 31.0 Å². The Hall–Kier alpha value is -1.86. The van der Waals surface area contributed by atoms with Crippen molar-refractivity contribution in [3.8, 4) is 0 Å². The van der Waals surface area contributed by atoms with E-state index in [1.54, 1.807) is 18.5 Å². The lowest BCUT2D eigenvalue weighted by Gasteiger charge is -2.30. The van der Waals surface area contributed by atoms with Crippen molar-refractivity contribution in [2.45, 2.75) is 32.4 Å². The Morgan fingerprint density at radius 1 is 1.13 bits per heavy atom. The number of hydrogen-bond donors (Lipinski definition) is 0. The monoisotopic (exact) mass is 326 g/mol. The Balaban J connectivity index is 2.04. The molecule has 0 bridgehead atoms. The molecule has 1 aromatic heterocycles. The van der Waals surface area contributed by atoms with Gasteiger partial charge in [0.1, 0.15) is 0 Å². The second-order valence-electron chi connectivity index (χ2n) is 5.50. The Labute approximate surface area is 131 Å². The van der Waals surface area contributed by atoms with E-state index >= 15 is 0 Å². The maximum atomic E-state index is 13.6. The summed E-state index contributed by atoms with van der Waals surface area (Å²) in [5, 5.41) is 4.27. The zero-order valence-electron chi connectivity index (χ0n) is 12.9. The summed E-state index contributed by atoms with van der Waals surface area (Å²) in [6.07, 6.45) is -4.67. The smallest absolute Gasteiger partial charge is 0.336 e. The number of ether oxygens (including phenoxy) is 2. The molecule has 2 heterocycles. The number of aryl methyl sites for hydroxylation is 1. The van der Waals surface area contributed by atoms with Crippen molar-refractivity contribution in [1.82, 2.24) is 9.78 Å². The number of nitrogens with zero attached hydrogens (tertiary/aromatic N) is 2. The number of benzene rings is 1. The molecule has 0 N–H and O–H groups in total. The zero-order chi connectivity index (χ0) is 16.7. The lowest BCUT2D eigenvalue weighted by atomic mass is 10.0. The largest absolute Gasteiger partial charge is 0.448 e. The summed E-state index contributed by atoms with van der Waals surface area (Å²) in [6, 6.07) is 9.44. The Morgan fingerprint density at radius 2 is 1.74 bits per heavy atom. The summed E-state index contributed by atoms with van der Waals surface area (Å²) in [6.45, 7) is 3.35. The molecular formula is C16H17F3N2O2. The summed E-state index contributed by atoms with van der Waals surface area (Å²) in [5.74, 6) is -2.71. The van der Waals surface area contributed by atoms with Gasteiger partial charge in [0.25, 0.3) is 5.79 Å². The van der Waals surface area contributed by atoms with Crippen LogP contribution >= 0.6 is 0 Å². The van der Waals surface area contributed by atoms with Crippen LogP contribution in [0.1, 0.15) is 22.5 Å². The van der Waals surface area contributed by atoms with E-state index in [9.17, 15) is 13.2 Å². The molecule has 0 unspecified atom stereocenters. The van der Waals surface area contributed by atoms with Gasteiger partial charge in [0, 0.05) is 5.69 Å². The van der Waals surface area contributed by atoms with Crippen LogP contribution in [0.3, 0.4) is 0 Å². The highest BCUT2D eigenvalue weighted by molar-refractivity contribution is 5.32. The molecule has 0 aliphatic carbocycles. The fraction of sp³-hybridized carbons (Fsp3) is 0.438. The van der Waals surface area contributed by atoms with E-state index in [0.29, 0.717) is 12.2 Å². The average molecular weight is 326 g/mol. The van der Waals surface area contributed by atoms with Gasteiger partial charge in [-0.1, -0.05) is 30.3 Å². The topological polar surface area (TPSA) is 36.3 Å². The molecular weight excluding hydrogens is 309 g/mol. The van der Waals surface area contributed by atoms with E-state index in [1.165, 1.54) is 0 Å². The second kappa shape index (κ2) is 5.65. The van der Waals surface area contributed by atoms with Crippen LogP contribution in [-0.4, -0.2) is 29.2 Å². The molecule has 1 saturated heterocycles. The maximum absolute atomic E-state index is 13.6. The van der Waals surface area contributed by atoms with Crippen LogP contribution in [0, 0.1) is 13.8 Å². The van der Waals surface area contributed by atoms with Gasteiger partial charge in [-0.15, -0.1) is 0 Å². The predicted molar refractivity (Wildman–Crippen MR) is 76.9 cm³/mol. The number of alkyl halides is 3. The number of halogens is 3. The van der Waals surface area contributed by atoms with Gasteiger partial charge in [0.2, 0.25) is 0 Å². The van der Waals surface area contributed by atoms with Crippen molar-refractivity contribution in [1.29, 1.82) is 0 Å². The van der Waals surface area contributed by atoms with Crippen molar-refractivity contribution < 1.29 is 22.6 Å². The highest BCUT2D eigenvalue weighted by atomic mass is 19.4. The normalized spacial score (nSPS) is 17.6. The molecule has 1 fully saturated rings. The summed E-state index contributed by atoms with van der Waals surface area (Å²) in [5.41, 5.74) is 1.57. The fourth-order valence-corrected chi connectivity index (χ4v) is 2.95. The molecule has 0 spiro atoms. The minimum absolute atomic E-state index is 0.0431. The molecule has 7 heteroatoms. The third-order valence-electron chi connectivity index (χ3n) is 3.95. The molecule has 23 heavy (non-hydrogen) atoms. The van der Waals surface area contributed by atoms with Gasteiger partial charge >= 0.3 is 6.18 Å². The third-order valence-corrected chi connectivity index (χ3v) is 3.95. The lowest BCUT2D eigenvalue weighted by molar-refractivity contribution is -0.353. The van der Waals surface area contributed by atoms with Crippen LogP contribution in [0.25, 0.3) is 0 Å². The lowest BCUT2D eigenvalue weighted by Crippen LogP contribution is -2.44. The van der Waals surface area contributed by atoms with Gasteiger partial charge in [-0.3, -0.25) is 4.68 Å². The molecule has 1 aliphatic heterocycles. The van der Waals surface area contributed by atoms with Crippen LogP contribution in [-0.2, 0) is 21.8 Å². The summed E-state index contributed by atoms with van der Waals surface area (Å²) >= 11 is 0. The summed E-state index contributed by atoms with van der Waals surface area (Å²) < 4.78 is 52.4. The molecule has 2 aromatic rings. The molecule has 1 aliphatic rings. The van der Waals surface area contributed by atoms with Crippen LogP contribution < -0.4 is 0 Å². The fourth-order valence-electron chi connectivity index (χ4n) is 2.95. The standard InChI is InChI=1S/C16H17F3N2O2/c1-11-14(15(16(17,18)19)22-8-9-23-15)12(2)21(20-11)10-13-6-4-3-5-7-13/h3-7H,8-10H2,1-2H3. The Bertz CT molecular complexity index is 689. The molecule has 0 saturated carbocycles. The van der Waals surface area contributed by atoms with Crippen molar-refractivity contribution in [2.24, 2.45) is 0 Å².